The van der Waals surface area contributed by atoms with Gasteiger partial charge in [-0.05, 0) is 48.2 Å². The highest BCUT2D eigenvalue weighted by Gasteiger charge is 2.44. The maximum atomic E-state index is 12.3. The van der Waals surface area contributed by atoms with Crippen molar-refractivity contribution >= 4 is 34.8 Å². The zero-order valence-electron chi connectivity index (χ0n) is 12.0. The second-order valence-electron chi connectivity index (χ2n) is 5.37. The highest BCUT2D eigenvalue weighted by atomic mass is 35.5. The van der Waals surface area contributed by atoms with Crippen molar-refractivity contribution in [3.8, 4) is 5.75 Å². The molecule has 1 saturated carbocycles. The van der Waals surface area contributed by atoms with Crippen LogP contribution < -0.4 is 10.1 Å². The molecular weight excluding hydrogens is 321 g/mol. The number of anilines is 1. The standard InChI is InChI=1S/C17H15Cl2NO2/c1-22-14-4-2-3-13(8-14)20-17(21)16-9-15(16)10-5-11(18)7-12(19)6-10/h2-8,15-16H,9H2,1H3,(H,20,21)/t15-,16+/m0/s1. The Morgan fingerprint density at radius 1 is 1.18 bits per heavy atom. The summed E-state index contributed by atoms with van der Waals surface area (Å²) in [6.45, 7) is 0. The lowest BCUT2D eigenvalue weighted by Crippen LogP contribution is -2.14. The van der Waals surface area contributed by atoms with E-state index < -0.39 is 0 Å². The molecule has 0 aliphatic heterocycles. The molecule has 5 heteroatoms. The molecule has 0 heterocycles. The molecule has 0 bridgehead atoms. The van der Waals surface area contributed by atoms with Crippen molar-refractivity contribution in [2.75, 3.05) is 12.4 Å². The molecule has 2 aromatic carbocycles. The van der Waals surface area contributed by atoms with E-state index in [0.717, 1.165) is 17.7 Å². The minimum atomic E-state index is -0.0410. The van der Waals surface area contributed by atoms with E-state index in [1.807, 2.05) is 30.3 Å². The van der Waals surface area contributed by atoms with E-state index >= 15 is 0 Å². The van der Waals surface area contributed by atoms with Crippen LogP contribution in [0.25, 0.3) is 0 Å². The van der Waals surface area contributed by atoms with Crippen LogP contribution in [0.1, 0.15) is 17.9 Å². The van der Waals surface area contributed by atoms with Crippen LogP contribution in [0.3, 0.4) is 0 Å². The lowest BCUT2D eigenvalue weighted by Gasteiger charge is -2.07. The summed E-state index contributed by atoms with van der Waals surface area (Å²) >= 11 is 12.0. The Hall–Kier alpha value is -1.71. The molecule has 3 rings (SSSR count). The second kappa shape index (κ2) is 6.19. The van der Waals surface area contributed by atoms with E-state index in [9.17, 15) is 4.79 Å². The first-order valence-electron chi connectivity index (χ1n) is 6.98. The molecule has 0 radical (unpaired) electrons. The second-order valence-corrected chi connectivity index (χ2v) is 6.25. The third-order valence-corrected chi connectivity index (χ3v) is 4.21. The molecule has 2 aromatic rings. The van der Waals surface area contributed by atoms with Gasteiger partial charge in [0.05, 0.1) is 7.11 Å². The lowest BCUT2D eigenvalue weighted by molar-refractivity contribution is -0.117. The molecular formula is C17H15Cl2NO2. The van der Waals surface area contributed by atoms with Crippen molar-refractivity contribution in [1.29, 1.82) is 0 Å². The molecule has 0 unspecified atom stereocenters. The van der Waals surface area contributed by atoms with Gasteiger partial charge in [0.15, 0.2) is 0 Å². The molecule has 0 spiro atoms. The van der Waals surface area contributed by atoms with Gasteiger partial charge in [-0.15, -0.1) is 0 Å². The molecule has 0 saturated heterocycles. The van der Waals surface area contributed by atoms with Gasteiger partial charge in [0.25, 0.3) is 0 Å². The number of nitrogens with one attached hydrogen (secondary N) is 1. The highest BCUT2D eigenvalue weighted by molar-refractivity contribution is 6.34. The Bertz CT molecular complexity index is 697. The van der Waals surface area contributed by atoms with E-state index in [1.165, 1.54) is 0 Å². The molecule has 3 nitrogen and oxygen atoms in total. The summed E-state index contributed by atoms with van der Waals surface area (Å²) in [5.74, 6) is 0.865. The predicted molar refractivity (Wildman–Crippen MR) is 88.9 cm³/mol. The van der Waals surface area contributed by atoms with Crippen LogP contribution >= 0.6 is 23.2 Å². The van der Waals surface area contributed by atoms with Crippen LogP contribution in [-0.2, 0) is 4.79 Å². The topological polar surface area (TPSA) is 38.3 Å². The number of ether oxygens (including phenoxy) is 1. The van der Waals surface area contributed by atoms with Crippen molar-refractivity contribution in [2.24, 2.45) is 5.92 Å². The lowest BCUT2D eigenvalue weighted by atomic mass is 10.1. The summed E-state index contributed by atoms with van der Waals surface area (Å²) in [7, 11) is 1.60. The third-order valence-electron chi connectivity index (χ3n) is 3.78. The Labute approximate surface area is 139 Å². The quantitative estimate of drug-likeness (QED) is 0.875. The number of carbonyl (C=O) groups excluding carboxylic acids is 1. The summed E-state index contributed by atoms with van der Waals surface area (Å²) in [4.78, 5) is 12.3. The van der Waals surface area contributed by atoms with Gasteiger partial charge in [-0.3, -0.25) is 4.79 Å². The van der Waals surface area contributed by atoms with Crippen molar-refractivity contribution in [2.45, 2.75) is 12.3 Å². The number of halogens is 2. The van der Waals surface area contributed by atoms with Crippen LogP contribution in [0.2, 0.25) is 10.0 Å². The molecule has 114 valence electrons. The Kier molecular flexibility index (Phi) is 4.27. The number of hydrogen-bond donors (Lipinski definition) is 1. The maximum Gasteiger partial charge on any atom is 0.228 e. The van der Waals surface area contributed by atoms with Gasteiger partial charge in [0.1, 0.15) is 5.75 Å². The number of carbonyl (C=O) groups is 1. The maximum absolute atomic E-state index is 12.3. The molecule has 1 fully saturated rings. The van der Waals surface area contributed by atoms with Crippen molar-refractivity contribution in [3.63, 3.8) is 0 Å². The fraction of sp³-hybridized carbons (Fsp3) is 0.235. The van der Waals surface area contributed by atoms with Crippen LogP contribution in [0.5, 0.6) is 5.75 Å². The van der Waals surface area contributed by atoms with E-state index in [0.29, 0.717) is 15.8 Å². The SMILES string of the molecule is COc1cccc(NC(=O)[C@@H]2C[C@H]2c2cc(Cl)cc(Cl)c2)c1. The van der Waals surface area contributed by atoms with Crippen LogP contribution in [0.15, 0.2) is 42.5 Å². The number of hydrogen-bond acceptors (Lipinski definition) is 2. The van der Waals surface area contributed by atoms with Gasteiger partial charge in [0, 0.05) is 27.7 Å². The molecule has 2 atom stereocenters. The molecule has 1 N–H and O–H groups in total. The summed E-state index contributed by atoms with van der Waals surface area (Å²) in [5, 5.41) is 4.12. The monoisotopic (exact) mass is 335 g/mol. The average Bonchev–Trinajstić information content (AvgIpc) is 3.27. The van der Waals surface area contributed by atoms with Crippen molar-refractivity contribution in [1.82, 2.24) is 0 Å². The number of amides is 1. The van der Waals surface area contributed by atoms with Crippen LogP contribution in [-0.4, -0.2) is 13.0 Å². The number of methoxy groups -OCH3 is 1. The fourth-order valence-corrected chi connectivity index (χ4v) is 3.12. The van der Waals surface area contributed by atoms with Gasteiger partial charge >= 0.3 is 0 Å². The van der Waals surface area contributed by atoms with Crippen LogP contribution in [0, 0.1) is 5.92 Å². The minimum absolute atomic E-state index is 0.00866. The van der Waals surface area contributed by atoms with Crippen molar-refractivity contribution < 1.29 is 9.53 Å². The smallest absolute Gasteiger partial charge is 0.228 e. The first-order chi connectivity index (χ1) is 10.6. The summed E-state index contributed by atoms with van der Waals surface area (Å²) in [6.07, 6.45) is 0.812. The minimum Gasteiger partial charge on any atom is -0.497 e. The van der Waals surface area contributed by atoms with Crippen molar-refractivity contribution in [3.05, 3.63) is 58.1 Å². The van der Waals surface area contributed by atoms with E-state index in [-0.39, 0.29) is 17.7 Å². The van der Waals surface area contributed by atoms with Gasteiger partial charge in [-0.2, -0.15) is 0 Å². The molecule has 0 aromatic heterocycles. The van der Waals surface area contributed by atoms with Gasteiger partial charge in [-0.25, -0.2) is 0 Å². The molecule has 1 aliphatic rings. The fourth-order valence-electron chi connectivity index (χ4n) is 2.58. The van der Waals surface area contributed by atoms with E-state index in [4.69, 9.17) is 27.9 Å². The number of benzene rings is 2. The molecule has 1 aliphatic carbocycles. The van der Waals surface area contributed by atoms with Gasteiger partial charge in [-0.1, -0.05) is 29.3 Å². The largest absolute Gasteiger partial charge is 0.497 e. The Balaban J connectivity index is 1.67. The van der Waals surface area contributed by atoms with Crippen LogP contribution in [0.4, 0.5) is 5.69 Å². The third kappa shape index (κ3) is 3.37. The summed E-state index contributed by atoms with van der Waals surface area (Å²) in [6, 6.07) is 12.8. The highest BCUT2D eigenvalue weighted by Crippen LogP contribution is 2.49. The first kappa shape index (κ1) is 15.2. The Morgan fingerprint density at radius 3 is 2.59 bits per heavy atom. The summed E-state index contributed by atoms with van der Waals surface area (Å²) < 4.78 is 5.15. The van der Waals surface area contributed by atoms with E-state index in [1.54, 1.807) is 19.2 Å². The van der Waals surface area contributed by atoms with Gasteiger partial charge in [0.2, 0.25) is 5.91 Å². The first-order valence-corrected chi connectivity index (χ1v) is 7.73. The predicted octanol–water partition coefficient (Wildman–Crippen LogP) is 4.74. The van der Waals surface area contributed by atoms with E-state index in [2.05, 4.69) is 5.32 Å². The normalized spacial score (nSPS) is 19.6. The zero-order chi connectivity index (χ0) is 15.7. The van der Waals surface area contributed by atoms with Gasteiger partial charge < -0.3 is 10.1 Å². The molecule has 1 amide bonds. The average molecular weight is 336 g/mol. The number of rotatable bonds is 4. The summed E-state index contributed by atoms with van der Waals surface area (Å²) in [5.41, 5.74) is 1.75. The zero-order valence-corrected chi connectivity index (χ0v) is 13.5. The Morgan fingerprint density at radius 2 is 1.91 bits per heavy atom. The molecule has 22 heavy (non-hydrogen) atoms.